The molecule has 1 aromatic rings. The maximum atomic E-state index is 13.0. The summed E-state index contributed by atoms with van der Waals surface area (Å²) < 4.78 is 41.2. The number of aryl methyl sites for hydroxylation is 1. The predicted molar refractivity (Wildman–Crippen MR) is 133 cm³/mol. The third-order valence-corrected chi connectivity index (χ3v) is 7.55. The molecule has 0 fully saturated rings. The van der Waals surface area contributed by atoms with Crippen molar-refractivity contribution in [2.75, 3.05) is 27.4 Å². The van der Waals surface area contributed by atoms with Gasteiger partial charge in [-0.25, -0.2) is 4.57 Å². The molecule has 0 spiro atoms. The molecule has 33 heavy (non-hydrogen) atoms. The van der Waals surface area contributed by atoms with Crippen LogP contribution in [0.4, 0.5) is 0 Å². The highest BCUT2D eigenvalue weighted by molar-refractivity contribution is 7.48. The lowest BCUT2D eigenvalue weighted by atomic mass is 9.75. The maximum absolute atomic E-state index is 13.0. The van der Waals surface area contributed by atoms with Crippen LogP contribution in [0.1, 0.15) is 76.8 Å². The molecule has 0 radical (unpaired) electrons. The molecule has 1 aromatic carbocycles. The number of hydrogen-bond donors (Lipinski definition) is 0. The molecule has 186 valence electrons. The van der Waals surface area contributed by atoms with Crippen molar-refractivity contribution in [3.63, 3.8) is 0 Å². The van der Waals surface area contributed by atoms with E-state index in [2.05, 4.69) is 25.6 Å². The lowest BCUT2D eigenvalue weighted by Gasteiger charge is -2.33. The molecule has 1 aliphatic carbocycles. The van der Waals surface area contributed by atoms with E-state index in [0.717, 1.165) is 41.9 Å². The Morgan fingerprint density at radius 1 is 1.06 bits per heavy atom. The number of unbranched alkanes of at least 4 members (excludes halogenated alkanes) is 2. The molecule has 0 bridgehead atoms. The van der Waals surface area contributed by atoms with Gasteiger partial charge in [0.15, 0.2) is 0 Å². The van der Waals surface area contributed by atoms with Gasteiger partial charge in [0.1, 0.15) is 17.3 Å². The fourth-order valence-electron chi connectivity index (χ4n) is 4.39. The lowest BCUT2D eigenvalue weighted by Crippen LogP contribution is -2.20. The van der Waals surface area contributed by atoms with Crippen molar-refractivity contribution in [3.8, 4) is 11.5 Å². The van der Waals surface area contributed by atoms with Gasteiger partial charge in [0.05, 0.1) is 27.4 Å². The van der Waals surface area contributed by atoms with Crippen LogP contribution in [0.5, 0.6) is 11.5 Å². The van der Waals surface area contributed by atoms with Crippen LogP contribution in [-0.4, -0.2) is 27.4 Å². The zero-order chi connectivity index (χ0) is 24.4. The number of phosphoric acid groups is 1. The van der Waals surface area contributed by atoms with E-state index in [1.165, 1.54) is 18.4 Å². The minimum atomic E-state index is -3.66. The zero-order valence-electron chi connectivity index (χ0n) is 21.1. The summed E-state index contributed by atoms with van der Waals surface area (Å²) in [6.45, 7) is 12.5. The Hall–Kier alpha value is -1.75. The fourth-order valence-corrected chi connectivity index (χ4v) is 5.64. The van der Waals surface area contributed by atoms with Crippen LogP contribution >= 0.6 is 7.82 Å². The first kappa shape index (κ1) is 27.5. The Balaban J connectivity index is 2.50. The summed E-state index contributed by atoms with van der Waals surface area (Å²) in [5, 5.41) is 0. The van der Waals surface area contributed by atoms with E-state index in [0.29, 0.717) is 12.2 Å². The molecule has 7 heteroatoms. The molecular weight excluding hydrogens is 439 g/mol. The lowest BCUT2D eigenvalue weighted by molar-refractivity contribution is 0.140. The van der Waals surface area contributed by atoms with Gasteiger partial charge in [0.2, 0.25) is 0 Å². The van der Waals surface area contributed by atoms with Gasteiger partial charge in [-0.15, -0.1) is 0 Å². The van der Waals surface area contributed by atoms with Crippen molar-refractivity contribution in [2.24, 2.45) is 5.92 Å². The Labute approximate surface area is 199 Å². The van der Waals surface area contributed by atoms with Gasteiger partial charge in [-0.05, 0) is 69.7 Å². The highest BCUT2D eigenvalue weighted by Crippen LogP contribution is 2.54. The molecule has 2 atom stereocenters. The van der Waals surface area contributed by atoms with Crippen LogP contribution in [0, 0.1) is 5.92 Å². The minimum absolute atomic E-state index is 0.0995. The van der Waals surface area contributed by atoms with Crippen molar-refractivity contribution >= 4 is 7.82 Å². The number of phosphoric ester groups is 1. The minimum Gasteiger partial charge on any atom is -0.496 e. The first-order chi connectivity index (χ1) is 15.8. The van der Waals surface area contributed by atoms with Crippen molar-refractivity contribution < 1.29 is 27.6 Å². The Bertz CT molecular complexity index is 827. The molecule has 0 saturated carbocycles. The summed E-state index contributed by atoms with van der Waals surface area (Å²) in [5.74, 6) is 2.24. The predicted octanol–water partition coefficient (Wildman–Crippen LogP) is 7.59. The molecule has 0 aromatic heterocycles. The van der Waals surface area contributed by atoms with Crippen molar-refractivity contribution in [2.45, 2.75) is 72.1 Å². The number of benzene rings is 1. The summed E-state index contributed by atoms with van der Waals surface area (Å²) in [7, 11) is -0.290. The summed E-state index contributed by atoms with van der Waals surface area (Å²) in [4.78, 5) is 0. The second kappa shape index (κ2) is 13.2. The van der Waals surface area contributed by atoms with Gasteiger partial charge in [-0.2, -0.15) is 0 Å². The van der Waals surface area contributed by atoms with Crippen LogP contribution in [-0.2, 0) is 24.6 Å². The summed E-state index contributed by atoms with van der Waals surface area (Å²) in [6.07, 6.45) is 7.90. The number of hydrogen-bond acceptors (Lipinski definition) is 6. The van der Waals surface area contributed by atoms with Crippen LogP contribution in [0.2, 0.25) is 0 Å². The first-order valence-corrected chi connectivity index (χ1v) is 13.5. The van der Waals surface area contributed by atoms with Crippen LogP contribution in [0.3, 0.4) is 0 Å². The normalized spacial score (nSPS) is 18.5. The summed E-state index contributed by atoms with van der Waals surface area (Å²) in [5.41, 5.74) is 3.22. The molecule has 0 heterocycles. The summed E-state index contributed by atoms with van der Waals surface area (Å²) >= 11 is 0. The number of ether oxygens (including phenoxy) is 2. The Morgan fingerprint density at radius 3 is 2.15 bits per heavy atom. The van der Waals surface area contributed by atoms with E-state index in [1.54, 1.807) is 28.1 Å². The van der Waals surface area contributed by atoms with Crippen molar-refractivity contribution in [1.29, 1.82) is 0 Å². The van der Waals surface area contributed by atoms with E-state index >= 15 is 0 Å². The van der Waals surface area contributed by atoms with Gasteiger partial charge in [0.25, 0.3) is 0 Å². The van der Waals surface area contributed by atoms with Gasteiger partial charge < -0.3 is 14.0 Å². The second-order valence-corrected chi connectivity index (χ2v) is 9.99. The third kappa shape index (κ3) is 7.37. The van der Waals surface area contributed by atoms with Gasteiger partial charge >= 0.3 is 7.82 Å². The molecular formula is C26H41O6P. The van der Waals surface area contributed by atoms with E-state index < -0.39 is 7.82 Å². The van der Waals surface area contributed by atoms with Crippen LogP contribution in [0.25, 0.3) is 0 Å². The van der Waals surface area contributed by atoms with E-state index in [-0.39, 0.29) is 25.0 Å². The number of rotatable bonds is 14. The standard InChI is InChI=1S/C26H41O6P/c1-8-11-12-13-20-16-24(28-6)26(25(17-20)29-7)23-18-21(14-15-22(23)19(4)5)32-33(27,30-9-2)31-10-3/h16-18,22-23H,4,8-15H2,1-3,5-7H3/t22-,23+/m0/s1. The molecule has 2 rings (SSSR count). The molecule has 0 unspecified atom stereocenters. The van der Waals surface area contributed by atoms with Gasteiger partial charge in [-0.1, -0.05) is 31.9 Å². The van der Waals surface area contributed by atoms with Crippen LogP contribution < -0.4 is 9.47 Å². The van der Waals surface area contributed by atoms with Gasteiger partial charge in [-0.3, -0.25) is 9.05 Å². The highest BCUT2D eigenvalue weighted by Gasteiger charge is 2.35. The largest absolute Gasteiger partial charge is 0.529 e. The smallest absolute Gasteiger partial charge is 0.496 e. The van der Waals surface area contributed by atoms with E-state index in [9.17, 15) is 4.57 Å². The molecule has 0 amide bonds. The third-order valence-electron chi connectivity index (χ3n) is 5.94. The maximum Gasteiger partial charge on any atom is 0.529 e. The molecule has 0 aliphatic heterocycles. The van der Waals surface area contributed by atoms with Crippen molar-refractivity contribution in [1.82, 2.24) is 0 Å². The zero-order valence-corrected chi connectivity index (χ0v) is 22.0. The van der Waals surface area contributed by atoms with Crippen LogP contribution in [0.15, 0.2) is 36.1 Å². The quantitative estimate of drug-likeness (QED) is 0.155. The summed E-state index contributed by atoms with van der Waals surface area (Å²) in [6, 6.07) is 4.22. The van der Waals surface area contributed by atoms with E-state index in [1.807, 2.05) is 13.0 Å². The topological polar surface area (TPSA) is 63.2 Å². The average molecular weight is 481 g/mol. The van der Waals surface area contributed by atoms with E-state index in [4.69, 9.17) is 23.0 Å². The molecule has 1 aliphatic rings. The van der Waals surface area contributed by atoms with Gasteiger partial charge in [0, 0.05) is 17.9 Å². The number of allylic oxidation sites excluding steroid dienone is 3. The first-order valence-electron chi connectivity index (χ1n) is 12.0. The average Bonchev–Trinajstić information content (AvgIpc) is 2.78. The highest BCUT2D eigenvalue weighted by atomic mass is 31.2. The fraction of sp³-hybridized carbons (Fsp3) is 0.615. The second-order valence-electron chi connectivity index (χ2n) is 8.40. The number of methoxy groups -OCH3 is 2. The Morgan fingerprint density at radius 2 is 1.67 bits per heavy atom. The molecule has 0 N–H and O–H groups in total. The van der Waals surface area contributed by atoms with Crippen molar-refractivity contribution in [3.05, 3.63) is 47.2 Å². The monoisotopic (exact) mass is 480 g/mol. The molecule has 6 nitrogen and oxygen atoms in total. The molecule has 0 saturated heterocycles. The SMILES string of the molecule is C=C(C)[C@@H]1CCC(OP(=O)(OCC)OCC)=C[C@H]1c1c(OC)cc(CCCCC)cc1OC. The Kier molecular flexibility index (Phi) is 11.0.